The lowest BCUT2D eigenvalue weighted by atomic mass is 9.99. The number of hydrogen-bond acceptors (Lipinski definition) is 3. The largest absolute Gasteiger partial charge is 0.257 e. The maximum Gasteiger partial charge on any atom is 0.253 e. The summed E-state index contributed by atoms with van der Waals surface area (Å²) in [6.45, 7) is 4.20. The summed E-state index contributed by atoms with van der Waals surface area (Å²) >= 11 is 0. The molecule has 0 heterocycles. The maximum absolute atomic E-state index is 11.3. The highest BCUT2D eigenvalue weighted by atomic mass is 32.2. The Morgan fingerprint density at radius 2 is 1.87 bits per heavy atom. The molecule has 5 heteroatoms. The summed E-state index contributed by atoms with van der Waals surface area (Å²) < 4.78 is 22.6. The highest BCUT2D eigenvalue weighted by molar-refractivity contribution is 7.89. The third-order valence-electron chi connectivity index (χ3n) is 2.53. The first-order chi connectivity index (χ1) is 7.01. The number of sulfonamides is 1. The van der Waals surface area contributed by atoms with Crippen molar-refractivity contribution in [3.8, 4) is 0 Å². The standard InChI is InChI=1S/C10H16N2O2S/c1-3-8(2)9-4-6-10(7-5-9)15(13,14)12-11/h4-8,12H,3,11H2,1-2H3/t8-/m0/s1. The van der Waals surface area contributed by atoms with Crippen molar-refractivity contribution >= 4 is 10.0 Å². The maximum atomic E-state index is 11.3. The minimum Gasteiger partial charge on any atom is -0.257 e. The summed E-state index contributed by atoms with van der Waals surface area (Å²) in [7, 11) is -3.52. The molecule has 0 bridgehead atoms. The average Bonchev–Trinajstić information content (AvgIpc) is 2.28. The number of nitrogens with two attached hydrogens (primary N) is 1. The van der Waals surface area contributed by atoms with Crippen LogP contribution in [0.5, 0.6) is 0 Å². The molecule has 3 N–H and O–H groups in total. The average molecular weight is 228 g/mol. The Labute approximate surface area is 90.5 Å². The second kappa shape index (κ2) is 4.74. The van der Waals surface area contributed by atoms with Crippen LogP contribution in [0.4, 0.5) is 0 Å². The van der Waals surface area contributed by atoms with Gasteiger partial charge < -0.3 is 0 Å². The zero-order valence-electron chi connectivity index (χ0n) is 8.90. The molecule has 1 aromatic rings. The van der Waals surface area contributed by atoms with E-state index in [1.807, 2.05) is 12.1 Å². The number of hydrazine groups is 1. The minimum atomic E-state index is -3.52. The van der Waals surface area contributed by atoms with E-state index < -0.39 is 10.0 Å². The molecule has 84 valence electrons. The molecule has 1 aromatic carbocycles. The molecule has 0 fully saturated rings. The van der Waals surface area contributed by atoms with Crippen LogP contribution in [0.3, 0.4) is 0 Å². The molecule has 0 aliphatic rings. The van der Waals surface area contributed by atoms with E-state index in [2.05, 4.69) is 13.8 Å². The molecular formula is C10H16N2O2S. The van der Waals surface area contributed by atoms with Crippen molar-refractivity contribution in [1.29, 1.82) is 0 Å². The molecule has 0 radical (unpaired) electrons. The zero-order chi connectivity index (χ0) is 11.5. The molecular weight excluding hydrogens is 212 g/mol. The fourth-order valence-electron chi connectivity index (χ4n) is 1.28. The molecule has 0 saturated heterocycles. The van der Waals surface area contributed by atoms with Gasteiger partial charge in [0.05, 0.1) is 4.90 Å². The van der Waals surface area contributed by atoms with Crippen molar-refractivity contribution in [2.45, 2.75) is 31.1 Å². The Kier molecular flexibility index (Phi) is 3.84. The van der Waals surface area contributed by atoms with Crippen LogP contribution in [0.1, 0.15) is 31.7 Å². The first kappa shape index (κ1) is 12.2. The van der Waals surface area contributed by atoms with Crippen LogP contribution in [0.2, 0.25) is 0 Å². The van der Waals surface area contributed by atoms with Gasteiger partial charge in [-0.3, -0.25) is 5.84 Å². The van der Waals surface area contributed by atoms with Gasteiger partial charge in [0.25, 0.3) is 10.0 Å². The predicted octanol–water partition coefficient (Wildman–Crippen LogP) is 1.35. The molecule has 0 spiro atoms. The molecule has 4 nitrogen and oxygen atoms in total. The van der Waals surface area contributed by atoms with Crippen LogP contribution in [0.15, 0.2) is 29.2 Å². The van der Waals surface area contributed by atoms with Crippen molar-refractivity contribution in [3.05, 3.63) is 29.8 Å². The summed E-state index contributed by atoms with van der Waals surface area (Å²) in [4.78, 5) is 1.98. The summed E-state index contributed by atoms with van der Waals surface area (Å²) in [5.74, 6) is 5.36. The Morgan fingerprint density at radius 3 is 2.27 bits per heavy atom. The normalized spacial score (nSPS) is 13.8. The minimum absolute atomic E-state index is 0.192. The van der Waals surface area contributed by atoms with Gasteiger partial charge in [-0.05, 0) is 30.0 Å². The Hall–Kier alpha value is -0.910. The first-order valence-corrected chi connectivity index (χ1v) is 6.32. The van der Waals surface area contributed by atoms with E-state index in [0.29, 0.717) is 5.92 Å². The molecule has 15 heavy (non-hydrogen) atoms. The van der Waals surface area contributed by atoms with Crippen molar-refractivity contribution in [1.82, 2.24) is 4.83 Å². The Balaban J connectivity index is 3.00. The van der Waals surface area contributed by atoms with Crippen LogP contribution >= 0.6 is 0 Å². The zero-order valence-corrected chi connectivity index (χ0v) is 9.71. The molecule has 0 aliphatic carbocycles. The summed E-state index contributed by atoms with van der Waals surface area (Å²) in [5.41, 5.74) is 1.13. The van der Waals surface area contributed by atoms with Gasteiger partial charge in [0.15, 0.2) is 0 Å². The molecule has 0 aliphatic heterocycles. The fraction of sp³-hybridized carbons (Fsp3) is 0.400. The number of benzene rings is 1. The van der Waals surface area contributed by atoms with Gasteiger partial charge in [-0.15, -0.1) is 0 Å². The van der Waals surface area contributed by atoms with Crippen LogP contribution in [-0.4, -0.2) is 8.42 Å². The van der Waals surface area contributed by atoms with Crippen LogP contribution in [0, 0.1) is 0 Å². The summed E-state index contributed by atoms with van der Waals surface area (Å²) in [6, 6.07) is 6.77. The molecule has 0 saturated carbocycles. The van der Waals surface area contributed by atoms with Crippen molar-refractivity contribution in [2.24, 2.45) is 5.84 Å². The third kappa shape index (κ3) is 2.77. The van der Waals surface area contributed by atoms with Crippen LogP contribution < -0.4 is 10.7 Å². The van der Waals surface area contributed by atoms with E-state index >= 15 is 0 Å². The van der Waals surface area contributed by atoms with E-state index in [-0.39, 0.29) is 4.90 Å². The van der Waals surface area contributed by atoms with E-state index in [9.17, 15) is 8.42 Å². The van der Waals surface area contributed by atoms with E-state index in [4.69, 9.17) is 5.84 Å². The quantitative estimate of drug-likeness (QED) is 0.603. The number of rotatable bonds is 4. The van der Waals surface area contributed by atoms with Gasteiger partial charge in [0, 0.05) is 0 Å². The van der Waals surface area contributed by atoms with Crippen LogP contribution in [0.25, 0.3) is 0 Å². The smallest absolute Gasteiger partial charge is 0.253 e. The highest BCUT2D eigenvalue weighted by Crippen LogP contribution is 2.20. The predicted molar refractivity (Wildman–Crippen MR) is 59.7 cm³/mol. The number of hydrogen-bond donors (Lipinski definition) is 2. The Bertz CT molecular complexity index is 412. The molecule has 0 aromatic heterocycles. The lowest BCUT2D eigenvalue weighted by Crippen LogP contribution is -2.30. The number of nitrogens with one attached hydrogen (secondary N) is 1. The Morgan fingerprint density at radius 1 is 1.33 bits per heavy atom. The molecule has 1 atom stereocenters. The lowest BCUT2D eigenvalue weighted by Gasteiger charge is -2.09. The van der Waals surface area contributed by atoms with Crippen molar-refractivity contribution in [2.75, 3.05) is 0 Å². The second-order valence-corrected chi connectivity index (χ2v) is 5.21. The second-order valence-electron chi connectivity index (χ2n) is 3.50. The third-order valence-corrected chi connectivity index (χ3v) is 3.73. The topological polar surface area (TPSA) is 72.2 Å². The fourth-order valence-corrected chi connectivity index (χ4v) is 1.91. The van der Waals surface area contributed by atoms with Gasteiger partial charge in [-0.1, -0.05) is 26.0 Å². The summed E-state index contributed by atoms with van der Waals surface area (Å²) in [5, 5.41) is 0. The first-order valence-electron chi connectivity index (χ1n) is 4.83. The van der Waals surface area contributed by atoms with E-state index in [1.165, 1.54) is 0 Å². The van der Waals surface area contributed by atoms with E-state index in [1.54, 1.807) is 17.0 Å². The highest BCUT2D eigenvalue weighted by Gasteiger charge is 2.11. The van der Waals surface area contributed by atoms with Gasteiger partial charge in [-0.2, -0.15) is 4.83 Å². The molecule has 0 unspecified atom stereocenters. The van der Waals surface area contributed by atoms with Crippen molar-refractivity contribution in [3.63, 3.8) is 0 Å². The van der Waals surface area contributed by atoms with Gasteiger partial charge in [0.1, 0.15) is 0 Å². The van der Waals surface area contributed by atoms with Gasteiger partial charge >= 0.3 is 0 Å². The lowest BCUT2D eigenvalue weighted by molar-refractivity contribution is 0.584. The molecule has 1 rings (SSSR count). The summed E-state index contributed by atoms with van der Waals surface area (Å²) in [6.07, 6.45) is 1.03. The SMILES string of the molecule is CC[C@H](C)c1ccc(S(=O)(=O)NN)cc1. The van der Waals surface area contributed by atoms with E-state index in [0.717, 1.165) is 12.0 Å². The van der Waals surface area contributed by atoms with Crippen LogP contribution in [-0.2, 0) is 10.0 Å². The monoisotopic (exact) mass is 228 g/mol. The van der Waals surface area contributed by atoms with Crippen molar-refractivity contribution < 1.29 is 8.42 Å². The molecule has 0 amide bonds. The van der Waals surface area contributed by atoms with Gasteiger partial charge in [-0.25, -0.2) is 8.42 Å². The van der Waals surface area contributed by atoms with Gasteiger partial charge in [0.2, 0.25) is 0 Å².